The van der Waals surface area contributed by atoms with Crippen molar-refractivity contribution in [3.63, 3.8) is 0 Å². The first-order valence-corrected chi connectivity index (χ1v) is 7.41. The van der Waals surface area contributed by atoms with E-state index in [2.05, 4.69) is 4.98 Å². The molecule has 130 valence electrons. The van der Waals surface area contributed by atoms with Crippen LogP contribution in [0.1, 0.15) is 24.6 Å². The molecule has 0 amide bonds. The Balaban J connectivity index is 2.36. The van der Waals surface area contributed by atoms with Gasteiger partial charge in [-0.1, -0.05) is 6.92 Å². The third-order valence-electron chi connectivity index (χ3n) is 3.93. The molecule has 0 unspecified atom stereocenters. The summed E-state index contributed by atoms with van der Waals surface area (Å²) in [6.45, 7) is 1.68. The SMILES string of the molecule is CCC(=Cc1ccc2c(=O)[nH]c3cc(C(F)(F)F)ccc3n12)C(=O)O. The Kier molecular flexibility index (Phi) is 3.90. The summed E-state index contributed by atoms with van der Waals surface area (Å²) >= 11 is 0. The maximum atomic E-state index is 12.9. The van der Waals surface area contributed by atoms with Crippen LogP contribution < -0.4 is 5.56 Å². The number of H-pyrrole nitrogens is 1. The second kappa shape index (κ2) is 5.80. The second-order valence-corrected chi connectivity index (χ2v) is 5.49. The Morgan fingerprint density at radius 3 is 2.52 bits per heavy atom. The summed E-state index contributed by atoms with van der Waals surface area (Å²) in [5.74, 6) is -1.09. The van der Waals surface area contributed by atoms with Crippen molar-refractivity contribution in [2.75, 3.05) is 0 Å². The zero-order chi connectivity index (χ0) is 18.4. The average molecular weight is 350 g/mol. The topological polar surface area (TPSA) is 74.6 Å². The molecule has 0 fully saturated rings. The molecule has 2 N–H and O–H groups in total. The van der Waals surface area contributed by atoms with E-state index < -0.39 is 23.3 Å². The van der Waals surface area contributed by atoms with Crippen LogP contribution in [0.25, 0.3) is 22.6 Å². The molecule has 25 heavy (non-hydrogen) atoms. The Labute approximate surface area is 139 Å². The van der Waals surface area contributed by atoms with E-state index in [-0.39, 0.29) is 23.0 Å². The van der Waals surface area contributed by atoms with Crippen LogP contribution in [-0.2, 0) is 11.0 Å². The number of aromatic amines is 1. The van der Waals surface area contributed by atoms with E-state index in [0.717, 1.165) is 12.1 Å². The van der Waals surface area contributed by atoms with Gasteiger partial charge in [0.05, 0.1) is 16.6 Å². The lowest BCUT2D eigenvalue weighted by molar-refractivity contribution is -0.137. The number of nitrogens with zero attached hydrogens (tertiary/aromatic N) is 1. The van der Waals surface area contributed by atoms with Crippen molar-refractivity contribution in [1.82, 2.24) is 9.38 Å². The van der Waals surface area contributed by atoms with E-state index in [9.17, 15) is 22.8 Å². The van der Waals surface area contributed by atoms with Gasteiger partial charge in [0.25, 0.3) is 5.56 Å². The van der Waals surface area contributed by atoms with Crippen molar-refractivity contribution in [3.05, 3.63) is 57.5 Å². The van der Waals surface area contributed by atoms with E-state index in [0.29, 0.717) is 11.2 Å². The molecule has 2 heterocycles. The first-order chi connectivity index (χ1) is 11.7. The fourth-order valence-electron chi connectivity index (χ4n) is 2.70. The average Bonchev–Trinajstić information content (AvgIpc) is 2.95. The van der Waals surface area contributed by atoms with Crippen molar-refractivity contribution < 1.29 is 23.1 Å². The second-order valence-electron chi connectivity index (χ2n) is 5.49. The summed E-state index contributed by atoms with van der Waals surface area (Å²) < 4.78 is 40.1. The smallest absolute Gasteiger partial charge is 0.416 e. The molecule has 3 rings (SSSR count). The molecule has 0 spiro atoms. The van der Waals surface area contributed by atoms with Gasteiger partial charge in [-0.25, -0.2) is 4.79 Å². The molecule has 5 nitrogen and oxygen atoms in total. The lowest BCUT2D eigenvalue weighted by atomic mass is 10.1. The predicted octanol–water partition coefficient (Wildman–Crippen LogP) is 3.68. The first-order valence-electron chi connectivity index (χ1n) is 7.41. The molecular formula is C17H13F3N2O3. The Bertz CT molecular complexity index is 1070. The number of rotatable bonds is 3. The van der Waals surface area contributed by atoms with Gasteiger partial charge in [0.1, 0.15) is 5.52 Å². The molecule has 2 aromatic heterocycles. The third kappa shape index (κ3) is 2.90. The minimum absolute atomic E-state index is 0.0200. The fraction of sp³-hybridized carbons (Fsp3) is 0.176. The highest BCUT2D eigenvalue weighted by atomic mass is 19.4. The lowest BCUT2D eigenvalue weighted by Crippen LogP contribution is -2.12. The van der Waals surface area contributed by atoms with Gasteiger partial charge < -0.3 is 14.5 Å². The standard InChI is InChI=1S/C17H13F3N2O3/c1-2-9(16(24)25)7-11-4-6-14-15(23)21-12-8-10(17(18,19)20)3-5-13(12)22(11)14/h3-8H,2H2,1H3,(H,21,23)(H,24,25). The largest absolute Gasteiger partial charge is 0.478 e. The maximum Gasteiger partial charge on any atom is 0.416 e. The quantitative estimate of drug-likeness (QED) is 0.708. The Morgan fingerprint density at radius 1 is 1.24 bits per heavy atom. The van der Waals surface area contributed by atoms with Crippen molar-refractivity contribution in [2.45, 2.75) is 19.5 Å². The van der Waals surface area contributed by atoms with E-state index in [1.807, 2.05) is 0 Å². The molecule has 0 aliphatic rings. The summed E-state index contributed by atoms with van der Waals surface area (Å²) in [7, 11) is 0. The number of halogens is 3. The third-order valence-corrected chi connectivity index (χ3v) is 3.93. The first kappa shape index (κ1) is 16.8. The molecule has 0 bridgehead atoms. The molecule has 0 atom stereocenters. The van der Waals surface area contributed by atoms with Crippen molar-refractivity contribution in [2.24, 2.45) is 0 Å². The summed E-state index contributed by atoms with van der Waals surface area (Å²) in [6.07, 6.45) is -2.86. The number of carboxylic acids is 1. The fourth-order valence-corrected chi connectivity index (χ4v) is 2.70. The highest BCUT2D eigenvalue weighted by Gasteiger charge is 2.30. The highest BCUT2D eigenvalue weighted by Crippen LogP contribution is 2.31. The van der Waals surface area contributed by atoms with Crippen LogP contribution in [0.2, 0.25) is 0 Å². The van der Waals surface area contributed by atoms with Crippen LogP contribution in [0.4, 0.5) is 13.2 Å². The van der Waals surface area contributed by atoms with Crippen LogP contribution in [0.15, 0.2) is 40.7 Å². The van der Waals surface area contributed by atoms with E-state index >= 15 is 0 Å². The van der Waals surface area contributed by atoms with Crippen molar-refractivity contribution in [3.8, 4) is 0 Å². The molecule has 3 aromatic rings. The minimum atomic E-state index is -4.53. The number of carboxylic acid groups (broad SMARTS) is 1. The van der Waals surface area contributed by atoms with E-state index in [4.69, 9.17) is 5.11 Å². The van der Waals surface area contributed by atoms with Gasteiger partial charge >= 0.3 is 12.1 Å². The van der Waals surface area contributed by atoms with Gasteiger partial charge in [-0.3, -0.25) is 4.79 Å². The molecule has 0 radical (unpaired) electrons. The number of carbonyl (C=O) groups is 1. The summed E-state index contributed by atoms with van der Waals surface area (Å²) in [6, 6.07) is 6.09. The number of benzene rings is 1. The summed E-state index contributed by atoms with van der Waals surface area (Å²) in [5, 5.41) is 9.17. The normalized spacial score (nSPS) is 12.9. The molecule has 0 aliphatic carbocycles. The predicted molar refractivity (Wildman–Crippen MR) is 86.4 cm³/mol. The lowest BCUT2D eigenvalue weighted by Gasteiger charge is -2.10. The summed E-state index contributed by atoms with van der Waals surface area (Å²) in [5.41, 5.74) is -0.310. The van der Waals surface area contributed by atoms with Gasteiger partial charge in [0.15, 0.2) is 0 Å². The number of hydrogen-bond donors (Lipinski definition) is 2. The monoisotopic (exact) mass is 350 g/mol. The van der Waals surface area contributed by atoms with Gasteiger partial charge in [-0.05, 0) is 42.8 Å². The molecule has 0 aliphatic heterocycles. The Morgan fingerprint density at radius 2 is 1.92 bits per heavy atom. The molecular weight excluding hydrogens is 337 g/mol. The van der Waals surface area contributed by atoms with Crippen LogP contribution in [0.3, 0.4) is 0 Å². The van der Waals surface area contributed by atoms with Crippen LogP contribution in [0, 0.1) is 0 Å². The highest BCUT2D eigenvalue weighted by molar-refractivity contribution is 5.92. The molecule has 0 saturated carbocycles. The molecule has 8 heteroatoms. The van der Waals surface area contributed by atoms with E-state index in [1.165, 1.54) is 22.6 Å². The summed E-state index contributed by atoms with van der Waals surface area (Å²) in [4.78, 5) is 25.8. The van der Waals surface area contributed by atoms with Gasteiger partial charge in [-0.15, -0.1) is 0 Å². The minimum Gasteiger partial charge on any atom is -0.478 e. The number of alkyl halides is 3. The number of aromatic nitrogens is 2. The van der Waals surface area contributed by atoms with Crippen molar-refractivity contribution in [1.29, 1.82) is 0 Å². The van der Waals surface area contributed by atoms with Gasteiger partial charge in [-0.2, -0.15) is 13.2 Å². The number of hydrogen-bond acceptors (Lipinski definition) is 2. The zero-order valence-electron chi connectivity index (χ0n) is 13.0. The zero-order valence-corrected chi connectivity index (χ0v) is 13.0. The van der Waals surface area contributed by atoms with Crippen molar-refractivity contribution >= 4 is 28.6 Å². The van der Waals surface area contributed by atoms with Crippen LogP contribution in [-0.4, -0.2) is 20.5 Å². The van der Waals surface area contributed by atoms with Gasteiger partial charge in [0, 0.05) is 11.3 Å². The number of fused-ring (bicyclic) bond motifs is 3. The maximum absolute atomic E-state index is 12.9. The van der Waals surface area contributed by atoms with Crippen LogP contribution >= 0.6 is 0 Å². The number of nitrogens with one attached hydrogen (secondary N) is 1. The van der Waals surface area contributed by atoms with Crippen LogP contribution in [0.5, 0.6) is 0 Å². The van der Waals surface area contributed by atoms with Gasteiger partial charge in [0.2, 0.25) is 0 Å². The number of aliphatic carboxylic acids is 1. The van der Waals surface area contributed by atoms with E-state index in [1.54, 1.807) is 13.0 Å². The molecule has 0 saturated heterocycles. The molecule has 1 aromatic carbocycles. The Hall–Kier alpha value is -3.03.